The second-order valence-corrected chi connectivity index (χ2v) is 6.93. The molecule has 1 aromatic carbocycles. The summed E-state index contributed by atoms with van der Waals surface area (Å²) in [4.78, 5) is 32.3. The summed E-state index contributed by atoms with van der Waals surface area (Å²) >= 11 is 0. The third kappa shape index (κ3) is 3.11. The molecule has 0 unspecified atom stereocenters. The molecular weight excluding hydrogens is 332 g/mol. The average molecular weight is 346 g/mol. The lowest BCUT2D eigenvalue weighted by Gasteiger charge is -2.14. The van der Waals surface area contributed by atoms with Gasteiger partial charge >= 0.3 is 0 Å². The van der Waals surface area contributed by atoms with Gasteiger partial charge in [0.15, 0.2) is 0 Å². The molecule has 0 saturated carbocycles. The molecule has 0 atom stereocenters. The number of amides is 2. The number of aryl methyl sites for hydroxylation is 1. The Balaban J connectivity index is 1.84. The lowest BCUT2D eigenvalue weighted by atomic mass is 10.3. The summed E-state index contributed by atoms with van der Waals surface area (Å²) in [7, 11) is -3.86. The summed E-state index contributed by atoms with van der Waals surface area (Å²) in [6.45, 7) is 1.72. The minimum Gasteiger partial charge on any atom is -0.274 e. The summed E-state index contributed by atoms with van der Waals surface area (Å²) in [6.07, 6.45) is 1.80. The second kappa shape index (κ2) is 6.00. The molecule has 0 radical (unpaired) electrons. The van der Waals surface area contributed by atoms with Crippen molar-refractivity contribution in [2.45, 2.75) is 24.7 Å². The molecule has 2 heterocycles. The van der Waals surface area contributed by atoms with Crippen LogP contribution in [-0.4, -0.2) is 30.2 Å². The second-order valence-electron chi connectivity index (χ2n) is 5.24. The third-order valence-corrected chi connectivity index (χ3v) is 4.82. The van der Waals surface area contributed by atoms with E-state index in [2.05, 4.69) is 14.7 Å². The lowest BCUT2D eigenvalue weighted by molar-refractivity contribution is -0.121. The van der Waals surface area contributed by atoms with Gasteiger partial charge in [0.05, 0.1) is 10.6 Å². The van der Waals surface area contributed by atoms with Crippen LogP contribution in [0.5, 0.6) is 0 Å². The number of nitrogens with one attached hydrogen (secondary N) is 1. The molecule has 1 N–H and O–H groups in total. The van der Waals surface area contributed by atoms with Crippen molar-refractivity contribution in [3.05, 3.63) is 42.2 Å². The zero-order chi connectivity index (χ0) is 17.3. The Kier molecular flexibility index (Phi) is 4.02. The van der Waals surface area contributed by atoms with Crippen molar-refractivity contribution in [2.24, 2.45) is 0 Å². The number of anilines is 2. The van der Waals surface area contributed by atoms with Gasteiger partial charge in [-0.25, -0.2) is 23.1 Å². The van der Waals surface area contributed by atoms with Crippen molar-refractivity contribution in [3.63, 3.8) is 0 Å². The molecule has 24 heavy (non-hydrogen) atoms. The molecule has 1 aliphatic heterocycles. The molecule has 124 valence electrons. The largest absolute Gasteiger partial charge is 0.274 e. The first-order valence-electron chi connectivity index (χ1n) is 7.15. The molecule has 1 aliphatic rings. The van der Waals surface area contributed by atoms with Crippen LogP contribution < -0.4 is 9.62 Å². The van der Waals surface area contributed by atoms with Crippen molar-refractivity contribution in [3.8, 4) is 0 Å². The third-order valence-electron chi connectivity index (χ3n) is 3.48. The number of carbonyl (C=O) groups is 2. The normalized spacial score (nSPS) is 15.0. The van der Waals surface area contributed by atoms with Crippen LogP contribution in [0, 0.1) is 6.92 Å². The van der Waals surface area contributed by atoms with Gasteiger partial charge in [-0.1, -0.05) is 0 Å². The van der Waals surface area contributed by atoms with E-state index in [-0.39, 0.29) is 35.5 Å². The average Bonchev–Trinajstić information content (AvgIpc) is 2.86. The zero-order valence-electron chi connectivity index (χ0n) is 12.8. The smallest absolute Gasteiger partial charge is 0.264 e. The van der Waals surface area contributed by atoms with Crippen LogP contribution in [-0.2, 0) is 19.6 Å². The van der Waals surface area contributed by atoms with Gasteiger partial charge in [0.1, 0.15) is 0 Å². The Hall–Kier alpha value is -2.81. The van der Waals surface area contributed by atoms with Gasteiger partial charge in [-0.2, -0.15) is 0 Å². The number of hydrogen-bond acceptors (Lipinski definition) is 6. The molecule has 8 nitrogen and oxygen atoms in total. The molecule has 1 saturated heterocycles. The summed E-state index contributed by atoms with van der Waals surface area (Å²) in [5.74, 6) is -0.604. The first-order chi connectivity index (χ1) is 11.4. The van der Waals surface area contributed by atoms with Crippen LogP contribution in [0.3, 0.4) is 0 Å². The van der Waals surface area contributed by atoms with E-state index in [1.54, 1.807) is 13.0 Å². The number of imide groups is 1. The fourth-order valence-electron chi connectivity index (χ4n) is 2.32. The van der Waals surface area contributed by atoms with Crippen LogP contribution in [0.25, 0.3) is 0 Å². The Morgan fingerprint density at radius 1 is 1.04 bits per heavy atom. The Morgan fingerprint density at radius 3 is 2.25 bits per heavy atom. The predicted molar refractivity (Wildman–Crippen MR) is 85.7 cm³/mol. The highest BCUT2D eigenvalue weighted by Crippen LogP contribution is 2.24. The number of benzene rings is 1. The number of nitrogens with zero attached hydrogens (tertiary/aromatic N) is 3. The van der Waals surface area contributed by atoms with E-state index in [4.69, 9.17) is 0 Å². The molecular formula is C15H14N4O4S. The quantitative estimate of drug-likeness (QED) is 0.834. The van der Waals surface area contributed by atoms with E-state index in [0.717, 1.165) is 4.90 Å². The SMILES string of the molecule is Cc1ccnc(NS(=O)(=O)c2ccc(N3C(=O)CCC3=O)cc2)n1. The van der Waals surface area contributed by atoms with Crippen molar-refractivity contribution in [2.75, 3.05) is 9.62 Å². The summed E-state index contributed by atoms with van der Waals surface area (Å²) < 4.78 is 27.0. The summed E-state index contributed by atoms with van der Waals surface area (Å²) in [6, 6.07) is 7.15. The number of aromatic nitrogens is 2. The predicted octanol–water partition coefficient (Wildman–Crippen LogP) is 1.24. The van der Waals surface area contributed by atoms with E-state index in [1.807, 2.05) is 0 Å². The van der Waals surface area contributed by atoms with Gasteiger partial charge in [-0.05, 0) is 37.3 Å². The van der Waals surface area contributed by atoms with Crippen molar-refractivity contribution in [1.29, 1.82) is 0 Å². The number of hydrogen-bond donors (Lipinski definition) is 1. The highest BCUT2D eigenvalue weighted by atomic mass is 32.2. The monoisotopic (exact) mass is 346 g/mol. The maximum absolute atomic E-state index is 12.3. The van der Waals surface area contributed by atoms with Crippen LogP contribution in [0.2, 0.25) is 0 Å². The standard InChI is InChI=1S/C15H14N4O4S/c1-10-8-9-16-15(17-10)18-24(22,23)12-4-2-11(3-5-12)19-13(20)6-7-14(19)21/h2-5,8-9H,6-7H2,1H3,(H,16,17,18). The van der Waals surface area contributed by atoms with Crippen LogP contribution in [0.1, 0.15) is 18.5 Å². The first-order valence-corrected chi connectivity index (χ1v) is 8.63. The molecule has 1 aromatic heterocycles. The molecule has 0 spiro atoms. The van der Waals surface area contributed by atoms with E-state index < -0.39 is 10.0 Å². The Labute approximate surface area is 138 Å². The maximum atomic E-state index is 12.3. The molecule has 9 heteroatoms. The van der Waals surface area contributed by atoms with Crippen molar-refractivity contribution in [1.82, 2.24) is 9.97 Å². The molecule has 3 rings (SSSR count). The van der Waals surface area contributed by atoms with Gasteiger partial charge in [0.25, 0.3) is 10.0 Å². The van der Waals surface area contributed by atoms with E-state index >= 15 is 0 Å². The highest BCUT2D eigenvalue weighted by Gasteiger charge is 2.30. The van der Waals surface area contributed by atoms with Crippen LogP contribution >= 0.6 is 0 Å². The van der Waals surface area contributed by atoms with E-state index in [9.17, 15) is 18.0 Å². The molecule has 0 bridgehead atoms. The van der Waals surface area contributed by atoms with E-state index in [0.29, 0.717) is 11.4 Å². The fourth-order valence-corrected chi connectivity index (χ4v) is 3.27. The van der Waals surface area contributed by atoms with Gasteiger partial charge in [0.2, 0.25) is 17.8 Å². The minimum absolute atomic E-state index is 0.0181. The first kappa shape index (κ1) is 16.1. The number of rotatable bonds is 4. The molecule has 2 aromatic rings. The van der Waals surface area contributed by atoms with E-state index in [1.165, 1.54) is 30.5 Å². The lowest BCUT2D eigenvalue weighted by Crippen LogP contribution is -2.28. The van der Waals surface area contributed by atoms with Crippen LogP contribution in [0.15, 0.2) is 41.4 Å². The van der Waals surface area contributed by atoms with Crippen molar-refractivity contribution >= 4 is 33.5 Å². The molecule has 0 aliphatic carbocycles. The zero-order valence-corrected chi connectivity index (χ0v) is 13.6. The van der Waals surface area contributed by atoms with Crippen LogP contribution in [0.4, 0.5) is 11.6 Å². The summed E-state index contributed by atoms with van der Waals surface area (Å²) in [5, 5.41) is 0. The summed E-state index contributed by atoms with van der Waals surface area (Å²) in [5.41, 5.74) is 0.984. The Bertz CT molecular complexity index is 893. The molecule has 1 fully saturated rings. The van der Waals surface area contributed by atoms with Gasteiger partial charge in [-0.15, -0.1) is 0 Å². The molecule has 2 amide bonds. The van der Waals surface area contributed by atoms with Gasteiger partial charge < -0.3 is 0 Å². The fraction of sp³-hybridized carbons (Fsp3) is 0.200. The van der Waals surface area contributed by atoms with Gasteiger partial charge in [0, 0.05) is 24.7 Å². The number of carbonyl (C=O) groups excluding carboxylic acids is 2. The topological polar surface area (TPSA) is 109 Å². The van der Waals surface area contributed by atoms with Gasteiger partial charge in [-0.3, -0.25) is 14.5 Å². The Morgan fingerprint density at radius 2 is 1.67 bits per heavy atom. The number of sulfonamides is 1. The highest BCUT2D eigenvalue weighted by molar-refractivity contribution is 7.92. The minimum atomic E-state index is -3.86. The van der Waals surface area contributed by atoms with Crippen molar-refractivity contribution < 1.29 is 18.0 Å². The maximum Gasteiger partial charge on any atom is 0.264 e.